The van der Waals surface area contributed by atoms with Crippen molar-refractivity contribution < 1.29 is 18.1 Å². The van der Waals surface area contributed by atoms with Gasteiger partial charge >= 0.3 is 8.80 Å². The number of amides is 1. The molecule has 0 aliphatic rings. The molecule has 1 amide bonds. The average molecular weight is 291 g/mol. The van der Waals surface area contributed by atoms with Gasteiger partial charge in [-0.05, 0) is 25.3 Å². The third kappa shape index (κ3) is 15.2. The van der Waals surface area contributed by atoms with E-state index in [0.717, 1.165) is 45.2 Å². The Bertz CT molecular complexity index is 215. The van der Waals surface area contributed by atoms with Gasteiger partial charge in [0.2, 0.25) is 5.91 Å². The Balaban J connectivity index is 0. The molecule has 0 unspecified atom stereocenters. The molecule has 0 fully saturated rings. The maximum absolute atomic E-state index is 9.47. The molecule has 114 valence electrons. The smallest absolute Gasteiger partial charge is 0.374 e. The van der Waals surface area contributed by atoms with E-state index in [1.54, 1.807) is 0 Å². The maximum Gasteiger partial charge on any atom is 0.497 e. The van der Waals surface area contributed by atoms with Crippen LogP contribution in [0, 0.1) is 0 Å². The average Bonchev–Trinajstić information content (AvgIpc) is 2.41. The molecule has 0 aromatic heterocycles. The molecule has 0 saturated heterocycles. The zero-order valence-electron chi connectivity index (χ0n) is 12.7. The highest BCUT2D eigenvalue weighted by Gasteiger charge is 2.33. The van der Waals surface area contributed by atoms with Crippen molar-refractivity contribution in [3.63, 3.8) is 0 Å². The highest BCUT2D eigenvalue weighted by Crippen LogP contribution is 2.10. The van der Waals surface area contributed by atoms with Crippen molar-refractivity contribution >= 4 is 14.7 Å². The molecule has 0 heterocycles. The zero-order valence-corrected chi connectivity index (χ0v) is 13.7. The summed E-state index contributed by atoms with van der Waals surface area (Å²) >= 11 is 0. The Morgan fingerprint density at radius 2 is 1.32 bits per heavy atom. The van der Waals surface area contributed by atoms with Gasteiger partial charge in [-0.2, -0.15) is 0 Å². The lowest BCUT2D eigenvalue weighted by molar-refractivity contribution is -0.113. The van der Waals surface area contributed by atoms with E-state index < -0.39 is 14.7 Å². The van der Waals surface area contributed by atoms with Gasteiger partial charge in [0.1, 0.15) is 0 Å². The lowest BCUT2D eigenvalue weighted by Gasteiger charge is -2.25. The molecule has 0 aromatic rings. The lowest BCUT2D eigenvalue weighted by Crippen LogP contribution is -2.43. The molecule has 2 N–H and O–H groups in total. The van der Waals surface area contributed by atoms with Gasteiger partial charge in [-0.25, -0.2) is 0 Å². The fraction of sp³-hybridized carbons (Fsp3) is 0.769. The SMILES string of the molecule is C=CC(N)=O.CCCO[Si](C)(OCCC)OCCC. The third-order valence-electron chi connectivity index (χ3n) is 1.91. The third-order valence-corrected chi connectivity index (χ3v) is 4.09. The van der Waals surface area contributed by atoms with Crippen LogP contribution < -0.4 is 5.73 Å². The Kier molecular flexibility index (Phi) is 14.9. The van der Waals surface area contributed by atoms with Crippen molar-refractivity contribution in [2.24, 2.45) is 5.73 Å². The normalized spacial score (nSPS) is 10.5. The highest BCUT2D eigenvalue weighted by atomic mass is 28.4. The van der Waals surface area contributed by atoms with Gasteiger partial charge in [-0.15, -0.1) is 0 Å². The quantitative estimate of drug-likeness (QED) is 0.496. The monoisotopic (exact) mass is 291 g/mol. The minimum absolute atomic E-state index is 0.481. The van der Waals surface area contributed by atoms with E-state index in [-0.39, 0.29) is 0 Å². The van der Waals surface area contributed by atoms with Crippen LogP contribution in [-0.4, -0.2) is 34.5 Å². The van der Waals surface area contributed by atoms with Crippen LogP contribution in [0.4, 0.5) is 0 Å². The summed E-state index contributed by atoms with van der Waals surface area (Å²) in [6.07, 6.45) is 4.08. The molecule has 0 atom stereocenters. The second-order valence-corrected chi connectivity index (χ2v) is 6.61. The fourth-order valence-electron chi connectivity index (χ4n) is 0.987. The lowest BCUT2D eigenvalue weighted by atomic mass is 10.5. The van der Waals surface area contributed by atoms with E-state index in [0.29, 0.717) is 0 Å². The van der Waals surface area contributed by atoms with Gasteiger partial charge in [-0.3, -0.25) is 4.79 Å². The first-order valence-electron chi connectivity index (χ1n) is 6.79. The summed E-state index contributed by atoms with van der Waals surface area (Å²) in [5, 5.41) is 0. The van der Waals surface area contributed by atoms with Crippen molar-refractivity contribution in [3.05, 3.63) is 12.7 Å². The summed E-state index contributed by atoms with van der Waals surface area (Å²) in [6, 6.07) is 0. The number of hydrogen-bond acceptors (Lipinski definition) is 4. The van der Waals surface area contributed by atoms with E-state index in [2.05, 4.69) is 33.1 Å². The van der Waals surface area contributed by atoms with Gasteiger partial charge in [0, 0.05) is 26.4 Å². The second-order valence-electron chi connectivity index (χ2n) is 4.01. The van der Waals surface area contributed by atoms with Gasteiger partial charge < -0.3 is 19.0 Å². The van der Waals surface area contributed by atoms with Crippen LogP contribution in [0.3, 0.4) is 0 Å². The molecule has 6 heteroatoms. The number of rotatable bonds is 10. The van der Waals surface area contributed by atoms with E-state index in [9.17, 15) is 4.79 Å². The van der Waals surface area contributed by atoms with Crippen molar-refractivity contribution in [2.45, 2.75) is 46.6 Å². The summed E-state index contributed by atoms with van der Waals surface area (Å²) in [5.41, 5.74) is 4.53. The number of nitrogens with two attached hydrogens (primary N) is 1. The molecule has 0 aliphatic heterocycles. The Labute approximate surface area is 118 Å². The number of carbonyl (C=O) groups excluding carboxylic acids is 1. The summed E-state index contributed by atoms with van der Waals surface area (Å²) in [7, 11) is -2.31. The molecule has 0 rings (SSSR count). The van der Waals surface area contributed by atoms with Gasteiger partial charge in [0.05, 0.1) is 0 Å². The molecular weight excluding hydrogens is 262 g/mol. The Morgan fingerprint density at radius 3 is 1.47 bits per heavy atom. The number of primary amides is 1. The number of hydrogen-bond donors (Lipinski definition) is 1. The maximum atomic E-state index is 9.47. The van der Waals surface area contributed by atoms with Crippen molar-refractivity contribution in [3.8, 4) is 0 Å². The van der Waals surface area contributed by atoms with E-state index in [4.69, 9.17) is 13.3 Å². The second kappa shape index (κ2) is 13.7. The Morgan fingerprint density at radius 1 is 1.05 bits per heavy atom. The summed E-state index contributed by atoms with van der Waals surface area (Å²) in [4.78, 5) is 9.47. The minimum Gasteiger partial charge on any atom is -0.374 e. The molecule has 0 radical (unpaired) electrons. The van der Waals surface area contributed by atoms with Crippen molar-refractivity contribution in [1.82, 2.24) is 0 Å². The van der Waals surface area contributed by atoms with E-state index in [1.165, 1.54) is 0 Å². The van der Waals surface area contributed by atoms with Crippen LogP contribution >= 0.6 is 0 Å². The van der Waals surface area contributed by atoms with Gasteiger partial charge in [-0.1, -0.05) is 27.4 Å². The molecule has 0 spiro atoms. The Hall–Kier alpha value is -0.693. The molecule has 5 nitrogen and oxygen atoms in total. The summed E-state index contributed by atoms with van der Waals surface area (Å²) < 4.78 is 17.0. The van der Waals surface area contributed by atoms with E-state index >= 15 is 0 Å². The molecule has 0 saturated carbocycles. The number of carbonyl (C=O) groups is 1. The topological polar surface area (TPSA) is 70.8 Å². The van der Waals surface area contributed by atoms with Crippen LogP contribution in [0.15, 0.2) is 12.7 Å². The predicted octanol–water partition coefficient (Wildman–Crippen LogP) is 2.49. The van der Waals surface area contributed by atoms with Crippen LogP contribution in [-0.2, 0) is 18.1 Å². The first-order chi connectivity index (χ1) is 8.95. The van der Waals surface area contributed by atoms with Crippen LogP contribution in [0.5, 0.6) is 0 Å². The zero-order chi connectivity index (χ0) is 15.1. The minimum atomic E-state index is -2.31. The standard InChI is InChI=1S/C10H24O3Si.C3H5NO/c1-5-8-11-14(4,12-9-6-2)13-10-7-3;1-2-3(4)5/h5-10H2,1-4H3;2H,1H2,(H2,4,5). The molecular formula is C13H29NO4Si. The van der Waals surface area contributed by atoms with Gasteiger partial charge in [0.15, 0.2) is 0 Å². The summed E-state index contributed by atoms with van der Waals surface area (Å²) in [5.74, 6) is -0.481. The van der Waals surface area contributed by atoms with Crippen LogP contribution in [0.2, 0.25) is 6.55 Å². The molecule has 0 aliphatic carbocycles. The summed E-state index contributed by atoms with van der Waals surface area (Å²) in [6.45, 7) is 13.5. The predicted molar refractivity (Wildman–Crippen MR) is 79.7 cm³/mol. The highest BCUT2D eigenvalue weighted by molar-refractivity contribution is 6.59. The van der Waals surface area contributed by atoms with Crippen molar-refractivity contribution in [2.75, 3.05) is 19.8 Å². The molecule has 19 heavy (non-hydrogen) atoms. The molecule has 0 aromatic carbocycles. The van der Waals surface area contributed by atoms with Gasteiger partial charge in [0.25, 0.3) is 0 Å². The largest absolute Gasteiger partial charge is 0.497 e. The first kappa shape index (κ1) is 20.6. The van der Waals surface area contributed by atoms with E-state index in [1.807, 2.05) is 6.55 Å². The van der Waals surface area contributed by atoms with Crippen LogP contribution in [0.1, 0.15) is 40.0 Å². The fourth-order valence-corrected chi connectivity index (χ4v) is 2.96. The molecule has 0 bridgehead atoms. The van der Waals surface area contributed by atoms with Crippen LogP contribution in [0.25, 0.3) is 0 Å². The van der Waals surface area contributed by atoms with Crippen molar-refractivity contribution in [1.29, 1.82) is 0 Å². The first-order valence-corrected chi connectivity index (χ1v) is 9.01.